The first-order valence-electron chi connectivity index (χ1n) is 7.94. The Morgan fingerprint density at radius 2 is 1.92 bits per heavy atom. The Hall–Kier alpha value is -1.40. The van der Waals surface area contributed by atoms with Gasteiger partial charge in [0, 0.05) is 16.5 Å². The van der Waals surface area contributed by atoms with Gasteiger partial charge in [-0.25, -0.2) is 4.98 Å². The molecule has 1 N–H and O–H groups in total. The van der Waals surface area contributed by atoms with Crippen molar-refractivity contribution in [2.24, 2.45) is 0 Å². The van der Waals surface area contributed by atoms with Crippen molar-refractivity contribution in [3.63, 3.8) is 0 Å². The minimum atomic E-state index is -0.135. The molecule has 3 nitrogen and oxygen atoms in total. The van der Waals surface area contributed by atoms with Crippen LogP contribution in [0.2, 0.25) is 8.67 Å². The molecule has 1 aromatic carbocycles. The third kappa shape index (κ3) is 3.60. The third-order valence-electron chi connectivity index (χ3n) is 4.27. The summed E-state index contributed by atoms with van der Waals surface area (Å²) in [4.78, 5) is 17.0. The Morgan fingerprint density at radius 3 is 2.68 bits per heavy atom. The highest BCUT2D eigenvalue weighted by molar-refractivity contribution is 7.20. The number of nitrogens with zero attached hydrogens (tertiary/aromatic N) is 1. The van der Waals surface area contributed by atoms with Gasteiger partial charge in [0.15, 0.2) is 5.13 Å². The smallest absolute Gasteiger partial charge is 0.257 e. The van der Waals surface area contributed by atoms with Crippen molar-refractivity contribution in [1.29, 1.82) is 0 Å². The van der Waals surface area contributed by atoms with E-state index in [2.05, 4.69) is 16.4 Å². The molecule has 0 spiro atoms. The van der Waals surface area contributed by atoms with E-state index in [0.29, 0.717) is 19.4 Å². The molecule has 0 bridgehead atoms. The molecule has 25 heavy (non-hydrogen) atoms. The van der Waals surface area contributed by atoms with Gasteiger partial charge in [0.05, 0.1) is 10.0 Å². The highest BCUT2D eigenvalue weighted by Gasteiger charge is 2.16. The number of halogens is 2. The van der Waals surface area contributed by atoms with Gasteiger partial charge in [-0.2, -0.15) is 0 Å². The van der Waals surface area contributed by atoms with Gasteiger partial charge in [-0.1, -0.05) is 29.3 Å². The number of thiazole rings is 1. The number of aromatic nitrogens is 1. The number of hydrogen-bond donors (Lipinski definition) is 1. The Kier molecular flexibility index (Phi) is 4.82. The summed E-state index contributed by atoms with van der Waals surface area (Å²) < 4.78 is 1.22. The number of nitrogens with one attached hydrogen (secondary N) is 1. The van der Waals surface area contributed by atoms with Crippen molar-refractivity contribution in [3.8, 4) is 11.3 Å². The van der Waals surface area contributed by atoms with E-state index in [9.17, 15) is 4.79 Å². The molecular formula is C18H14Cl2N2OS2. The summed E-state index contributed by atoms with van der Waals surface area (Å²) in [6.45, 7) is 0. The second-order valence-corrected chi connectivity index (χ2v) is 9.06. The molecule has 0 radical (unpaired) electrons. The maximum Gasteiger partial charge on any atom is 0.257 e. The molecule has 128 valence electrons. The van der Waals surface area contributed by atoms with E-state index in [1.165, 1.54) is 46.6 Å². The summed E-state index contributed by atoms with van der Waals surface area (Å²) in [5, 5.41) is 5.30. The molecule has 7 heteroatoms. The zero-order chi connectivity index (χ0) is 17.4. The molecule has 2 aromatic heterocycles. The number of rotatable bonds is 3. The van der Waals surface area contributed by atoms with Gasteiger partial charge in [-0.05, 0) is 55.0 Å². The number of benzene rings is 1. The van der Waals surface area contributed by atoms with Crippen LogP contribution in [0.25, 0.3) is 11.3 Å². The number of hydrogen-bond acceptors (Lipinski definition) is 4. The van der Waals surface area contributed by atoms with Crippen LogP contribution in [0, 0.1) is 0 Å². The van der Waals surface area contributed by atoms with Crippen LogP contribution in [0.5, 0.6) is 0 Å². The number of thiophene rings is 1. The molecule has 0 unspecified atom stereocenters. The molecular weight excluding hydrogens is 395 g/mol. The molecule has 1 aliphatic rings. The van der Waals surface area contributed by atoms with Crippen molar-refractivity contribution >= 4 is 56.9 Å². The molecule has 0 saturated heterocycles. The Labute approximate surface area is 163 Å². The summed E-state index contributed by atoms with van der Waals surface area (Å²) in [5.41, 5.74) is 4.84. The van der Waals surface area contributed by atoms with Crippen LogP contribution < -0.4 is 5.32 Å². The lowest BCUT2D eigenvalue weighted by atomic mass is 9.90. The largest absolute Gasteiger partial charge is 0.298 e. The first-order chi connectivity index (χ1) is 12.1. The second-order valence-electron chi connectivity index (χ2n) is 5.92. The van der Waals surface area contributed by atoms with Crippen molar-refractivity contribution in [2.75, 3.05) is 5.32 Å². The van der Waals surface area contributed by atoms with Gasteiger partial charge in [0.2, 0.25) is 0 Å². The highest BCUT2D eigenvalue weighted by Crippen LogP contribution is 2.39. The SMILES string of the molecule is O=C(Nc1nc(-c2cc(Cl)sc2Cl)cs1)c1ccc2c(c1)CCCC2. The van der Waals surface area contributed by atoms with Crippen molar-refractivity contribution in [2.45, 2.75) is 25.7 Å². The number of aryl methyl sites for hydroxylation is 2. The minimum Gasteiger partial charge on any atom is -0.298 e. The van der Waals surface area contributed by atoms with Gasteiger partial charge < -0.3 is 0 Å². The van der Waals surface area contributed by atoms with Crippen LogP contribution in [-0.2, 0) is 12.8 Å². The second kappa shape index (κ2) is 7.08. The first kappa shape index (κ1) is 17.0. The van der Waals surface area contributed by atoms with Crippen molar-refractivity contribution < 1.29 is 4.79 Å². The number of fused-ring (bicyclic) bond motifs is 1. The van der Waals surface area contributed by atoms with Gasteiger partial charge in [0.1, 0.15) is 4.34 Å². The molecule has 0 atom stereocenters. The fourth-order valence-corrected chi connectivity index (χ4v) is 5.20. The molecule has 2 heterocycles. The number of carbonyl (C=O) groups is 1. The van der Waals surface area contributed by atoms with Crippen LogP contribution >= 0.6 is 45.9 Å². The van der Waals surface area contributed by atoms with Crippen molar-refractivity contribution in [1.82, 2.24) is 4.98 Å². The van der Waals surface area contributed by atoms with Gasteiger partial charge in [-0.3, -0.25) is 10.1 Å². The van der Waals surface area contributed by atoms with E-state index >= 15 is 0 Å². The normalized spacial score (nSPS) is 13.5. The molecule has 3 aromatic rings. The van der Waals surface area contributed by atoms with E-state index in [1.54, 1.807) is 6.07 Å². The standard InChI is InChI=1S/C18H14Cl2N2OS2/c19-15-8-13(16(20)25-15)14-9-24-18(21-14)22-17(23)12-6-5-10-3-1-2-4-11(10)7-12/h5-9H,1-4H2,(H,21,22,23). The summed E-state index contributed by atoms with van der Waals surface area (Å²) in [7, 11) is 0. The van der Waals surface area contributed by atoms with E-state index in [0.717, 1.165) is 24.1 Å². The average molecular weight is 409 g/mol. The number of anilines is 1. The van der Waals surface area contributed by atoms with Crippen LogP contribution in [0.4, 0.5) is 5.13 Å². The van der Waals surface area contributed by atoms with Crippen molar-refractivity contribution in [3.05, 3.63) is 55.0 Å². The predicted octanol–water partition coefficient (Wildman–Crippen LogP) is 6.31. The van der Waals surface area contributed by atoms with Gasteiger partial charge in [0.25, 0.3) is 5.91 Å². The Morgan fingerprint density at radius 1 is 1.12 bits per heavy atom. The fraction of sp³-hybridized carbons (Fsp3) is 0.222. The minimum absolute atomic E-state index is 0.135. The van der Waals surface area contributed by atoms with E-state index in [4.69, 9.17) is 23.2 Å². The summed E-state index contributed by atoms with van der Waals surface area (Å²) >= 11 is 14.8. The van der Waals surface area contributed by atoms with Crippen LogP contribution in [-0.4, -0.2) is 10.9 Å². The van der Waals surface area contributed by atoms with Crippen LogP contribution in [0.1, 0.15) is 34.3 Å². The topological polar surface area (TPSA) is 42.0 Å². The summed E-state index contributed by atoms with van der Waals surface area (Å²) in [5.74, 6) is -0.135. The summed E-state index contributed by atoms with van der Waals surface area (Å²) in [6.07, 6.45) is 4.58. The van der Waals surface area contributed by atoms with E-state index in [1.807, 2.05) is 17.5 Å². The zero-order valence-electron chi connectivity index (χ0n) is 13.1. The molecule has 0 fully saturated rings. The predicted molar refractivity (Wildman–Crippen MR) is 106 cm³/mol. The Balaban J connectivity index is 1.52. The first-order valence-corrected chi connectivity index (χ1v) is 10.4. The summed E-state index contributed by atoms with van der Waals surface area (Å²) in [6, 6.07) is 7.76. The highest BCUT2D eigenvalue weighted by atomic mass is 35.5. The molecule has 1 amide bonds. The monoisotopic (exact) mass is 408 g/mol. The lowest BCUT2D eigenvalue weighted by Gasteiger charge is -2.16. The third-order valence-corrected chi connectivity index (χ3v) is 6.51. The average Bonchev–Trinajstić information content (AvgIpc) is 3.20. The zero-order valence-corrected chi connectivity index (χ0v) is 16.3. The lowest BCUT2D eigenvalue weighted by Crippen LogP contribution is -2.13. The van der Waals surface area contributed by atoms with Crippen LogP contribution in [0.15, 0.2) is 29.6 Å². The lowest BCUT2D eigenvalue weighted by molar-refractivity contribution is 0.102. The molecule has 4 rings (SSSR count). The quantitative estimate of drug-likeness (QED) is 0.551. The molecule has 1 aliphatic carbocycles. The van der Waals surface area contributed by atoms with E-state index < -0.39 is 0 Å². The number of carbonyl (C=O) groups excluding carboxylic acids is 1. The number of amides is 1. The molecule has 0 saturated carbocycles. The van der Waals surface area contributed by atoms with Gasteiger partial charge in [-0.15, -0.1) is 22.7 Å². The maximum absolute atomic E-state index is 12.5. The van der Waals surface area contributed by atoms with E-state index in [-0.39, 0.29) is 5.91 Å². The fourth-order valence-electron chi connectivity index (χ4n) is 3.01. The van der Waals surface area contributed by atoms with Gasteiger partial charge >= 0.3 is 0 Å². The van der Waals surface area contributed by atoms with Crippen LogP contribution in [0.3, 0.4) is 0 Å². The maximum atomic E-state index is 12.5. The molecule has 0 aliphatic heterocycles. The Bertz CT molecular complexity index is 948.